The van der Waals surface area contributed by atoms with Gasteiger partial charge < -0.3 is 10.5 Å². The summed E-state index contributed by atoms with van der Waals surface area (Å²) in [5.41, 5.74) is 5.61. The molecular formula is C14H9F6NO. The van der Waals surface area contributed by atoms with Crippen LogP contribution in [0.2, 0.25) is 0 Å². The largest absolute Gasteiger partial charge is 0.573 e. The number of halogens is 6. The Labute approximate surface area is 121 Å². The Bertz CT molecular complexity index is 668. The van der Waals surface area contributed by atoms with Crippen LogP contribution in [-0.2, 0) is 0 Å². The third-order valence-electron chi connectivity index (χ3n) is 2.87. The van der Waals surface area contributed by atoms with Gasteiger partial charge in [-0.05, 0) is 23.8 Å². The van der Waals surface area contributed by atoms with Crippen molar-refractivity contribution in [1.82, 2.24) is 0 Å². The number of rotatable bonds is 3. The van der Waals surface area contributed by atoms with Gasteiger partial charge in [0, 0.05) is 5.56 Å². The first-order valence-electron chi connectivity index (χ1n) is 5.93. The molecule has 2 aromatic carbocycles. The Morgan fingerprint density at radius 3 is 2.00 bits per heavy atom. The lowest BCUT2D eigenvalue weighted by atomic mass is 9.99. The molecule has 2 aromatic rings. The Morgan fingerprint density at radius 2 is 1.45 bits per heavy atom. The van der Waals surface area contributed by atoms with Gasteiger partial charge in [0.25, 0.3) is 0 Å². The molecule has 2 rings (SSSR count). The SMILES string of the molecule is N[C@@H](c1ccc(OC(F)(F)F)cc1)c1ccc(F)c(F)c1F. The van der Waals surface area contributed by atoms with E-state index < -0.39 is 35.6 Å². The molecule has 1 atom stereocenters. The number of ether oxygens (including phenoxy) is 1. The van der Waals surface area contributed by atoms with Crippen LogP contribution in [0.1, 0.15) is 17.2 Å². The van der Waals surface area contributed by atoms with Crippen LogP contribution in [0.5, 0.6) is 5.75 Å². The van der Waals surface area contributed by atoms with E-state index in [4.69, 9.17) is 5.73 Å². The smallest absolute Gasteiger partial charge is 0.406 e. The molecule has 0 aromatic heterocycles. The molecule has 0 unspecified atom stereocenters. The van der Waals surface area contributed by atoms with Crippen molar-refractivity contribution in [2.45, 2.75) is 12.4 Å². The highest BCUT2D eigenvalue weighted by Crippen LogP contribution is 2.28. The topological polar surface area (TPSA) is 35.2 Å². The van der Waals surface area contributed by atoms with Crippen molar-refractivity contribution in [3.05, 3.63) is 65.0 Å². The minimum Gasteiger partial charge on any atom is -0.406 e. The minimum absolute atomic E-state index is 0.208. The fourth-order valence-electron chi connectivity index (χ4n) is 1.84. The summed E-state index contributed by atoms with van der Waals surface area (Å²) in [4.78, 5) is 0. The van der Waals surface area contributed by atoms with Crippen molar-refractivity contribution in [3.63, 3.8) is 0 Å². The van der Waals surface area contributed by atoms with E-state index in [0.29, 0.717) is 0 Å². The predicted octanol–water partition coefficient (Wildman–Crippen LogP) is 4.05. The second kappa shape index (κ2) is 5.88. The second-order valence-corrected chi connectivity index (χ2v) is 4.36. The quantitative estimate of drug-likeness (QED) is 0.684. The third-order valence-corrected chi connectivity index (χ3v) is 2.87. The lowest BCUT2D eigenvalue weighted by Crippen LogP contribution is -2.17. The van der Waals surface area contributed by atoms with Crippen LogP contribution in [0.4, 0.5) is 26.3 Å². The molecule has 0 amide bonds. The van der Waals surface area contributed by atoms with E-state index in [9.17, 15) is 26.3 Å². The maximum atomic E-state index is 13.6. The maximum absolute atomic E-state index is 13.6. The van der Waals surface area contributed by atoms with E-state index in [-0.39, 0.29) is 11.1 Å². The molecular weight excluding hydrogens is 312 g/mol. The number of benzene rings is 2. The maximum Gasteiger partial charge on any atom is 0.573 e. The molecule has 0 aliphatic carbocycles. The molecule has 0 spiro atoms. The molecule has 118 valence electrons. The number of hydrogen-bond donors (Lipinski definition) is 1. The Balaban J connectivity index is 2.27. The lowest BCUT2D eigenvalue weighted by Gasteiger charge is -2.15. The van der Waals surface area contributed by atoms with Crippen molar-refractivity contribution >= 4 is 0 Å². The van der Waals surface area contributed by atoms with Crippen LogP contribution in [-0.4, -0.2) is 6.36 Å². The van der Waals surface area contributed by atoms with Gasteiger partial charge in [-0.2, -0.15) is 0 Å². The Morgan fingerprint density at radius 1 is 0.864 bits per heavy atom. The molecule has 22 heavy (non-hydrogen) atoms. The van der Waals surface area contributed by atoms with Crippen LogP contribution in [0.25, 0.3) is 0 Å². The first kappa shape index (κ1) is 16.2. The molecule has 2 N–H and O–H groups in total. The fraction of sp³-hybridized carbons (Fsp3) is 0.143. The summed E-state index contributed by atoms with van der Waals surface area (Å²) in [6.07, 6.45) is -4.84. The summed E-state index contributed by atoms with van der Waals surface area (Å²) < 4.78 is 79.4. The Hall–Kier alpha value is -2.22. The normalized spacial score (nSPS) is 13.0. The van der Waals surface area contributed by atoms with Crippen LogP contribution in [0.3, 0.4) is 0 Å². The summed E-state index contributed by atoms with van der Waals surface area (Å²) in [5, 5.41) is 0. The van der Waals surface area contributed by atoms with E-state index in [2.05, 4.69) is 4.74 Å². The molecule has 0 bridgehead atoms. The van der Waals surface area contributed by atoms with Gasteiger partial charge in [-0.15, -0.1) is 13.2 Å². The van der Waals surface area contributed by atoms with Gasteiger partial charge >= 0.3 is 6.36 Å². The van der Waals surface area contributed by atoms with Crippen LogP contribution in [0.15, 0.2) is 36.4 Å². The monoisotopic (exact) mass is 321 g/mol. The highest BCUT2D eigenvalue weighted by Gasteiger charge is 2.31. The van der Waals surface area contributed by atoms with E-state index in [0.717, 1.165) is 24.3 Å². The zero-order chi connectivity index (χ0) is 16.5. The average Bonchev–Trinajstić information content (AvgIpc) is 2.43. The minimum atomic E-state index is -4.84. The van der Waals surface area contributed by atoms with Crippen molar-refractivity contribution < 1.29 is 31.1 Å². The molecule has 0 saturated heterocycles. The average molecular weight is 321 g/mol. The molecule has 0 saturated carbocycles. The van der Waals surface area contributed by atoms with E-state index in [1.54, 1.807) is 0 Å². The van der Waals surface area contributed by atoms with Gasteiger partial charge in [-0.25, -0.2) is 13.2 Å². The molecule has 0 heterocycles. The fourth-order valence-corrected chi connectivity index (χ4v) is 1.84. The van der Waals surface area contributed by atoms with Crippen molar-refractivity contribution in [3.8, 4) is 5.75 Å². The van der Waals surface area contributed by atoms with Gasteiger partial charge in [0.05, 0.1) is 6.04 Å². The third kappa shape index (κ3) is 3.51. The van der Waals surface area contributed by atoms with E-state index in [1.807, 2.05) is 0 Å². The number of hydrogen-bond acceptors (Lipinski definition) is 2. The summed E-state index contributed by atoms with van der Waals surface area (Å²) >= 11 is 0. The van der Waals surface area contributed by atoms with Gasteiger partial charge in [-0.1, -0.05) is 18.2 Å². The van der Waals surface area contributed by atoms with Crippen molar-refractivity contribution in [2.24, 2.45) is 5.73 Å². The summed E-state index contributed by atoms with van der Waals surface area (Å²) in [6, 6.07) is 4.84. The lowest BCUT2D eigenvalue weighted by molar-refractivity contribution is -0.274. The van der Waals surface area contributed by atoms with Gasteiger partial charge in [0.2, 0.25) is 0 Å². The van der Waals surface area contributed by atoms with E-state index >= 15 is 0 Å². The highest BCUT2D eigenvalue weighted by molar-refractivity contribution is 5.36. The summed E-state index contributed by atoms with van der Waals surface area (Å²) in [6.45, 7) is 0. The molecule has 0 aliphatic rings. The highest BCUT2D eigenvalue weighted by atomic mass is 19.4. The first-order chi connectivity index (χ1) is 10.2. The van der Waals surface area contributed by atoms with Crippen LogP contribution >= 0.6 is 0 Å². The predicted molar refractivity (Wildman–Crippen MR) is 65.5 cm³/mol. The van der Waals surface area contributed by atoms with Crippen LogP contribution in [0, 0.1) is 17.5 Å². The molecule has 0 fully saturated rings. The summed E-state index contributed by atoms with van der Waals surface area (Å²) in [5.74, 6) is -4.94. The number of alkyl halides is 3. The number of nitrogens with two attached hydrogens (primary N) is 1. The van der Waals surface area contributed by atoms with Crippen LogP contribution < -0.4 is 10.5 Å². The van der Waals surface area contributed by atoms with Gasteiger partial charge in [0.15, 0.2) is 17.5 Å². The molecule has 2 nitrogen and oxygen atoms in total. The molecule has 0 radical (unpaired) electrons. The zero-order valence-corrected chi connectivity index (χ0v) is 10.8. The zero-order valence-electron chi connectivity index (χ0n) is 10.8. The molecule has 8 heteroatoms. The van der Waals surface area contributed by atoms with Gasteiger partial charge in [-0.3, -0.25) is 0 Å². The summed E-state index contributed by atoms with van der Waals surface area (Å²) in [7, 11) is 0. The van der Waals surface area contributed by atoms with Crippen molar-refractivity contribution in [2.75, 3.05) is 0 Å². The Kier molecular flexibility index (Phi) is 4.32. The molecule has 0 aliphatic heterocycles. The second-order valence-electron chi connectivity index (χ2n) is 4.36. The van der Waals surface area contributed by atoms with Gasteiger partial charge in [0.1, 0.15) is 5.75 Å². The first-order valence-corrected chi connectivity index (χ1v) is 5.93. The van der Waals surface area contributed by atoms with Crippen molar-refractivity contribution in [1.29, 1.82) is 0 Å². The van der Waals surface area contributed by atoms with E-state index in [1.165, 1.54) is 12.1 Å². The standard InChI is InChI=1S/C14H9F6NO/c15-10-6-5-9(11(16)12(10)17)13(21)7-1-3-8(4-2-7)22-14(18,19)20/h1-6,13H,21H2/t13-/m0/s1.